The molecule has 1 amide bonds. The highest BCUT2D eigenvalue weighted by atomic mass is 16.3. The normalized spacial score (nSPS) is 14.3. The molecule has 0 saturated carbocycles. The summed E-state index contributed by atoms with van der Waals surface area (Å²) in [5.41, 5.74) is 6.38. The van der Waals surface area contributed by atoms with Gasteiger partial charge < -0.3 is 16.2 Å². The number of nitrogens with two attached hydrogens (primary N) is 1. The molecule has 0 fully saturated rings. The molecule has 15 heavy (non-hydrogen) atoms. The van der Waals surface area contributed by atoms with Crippen LogP contribution in [-0.2, 0) is 11.3 Å². The molecule has 0 radical (unpaired) electrons. The molecule has 0 aromatic heterocycles. The summed E-state index contributed by atoms with van der Waals surface area (Å²) in [5, 5.41) is 11.9. The van der Waals surface area contributed by atoms with Gasteiger partial charge in [-0.15, -0.1) is 0 Å². The highest BCUT2D eigenvalue weighted by Gasteiger charge is 2.18. The number of carbonyl (C=O) groups is 1. The van der Waals surface area contributed by atoms with Crippen LogP contribution >= 0.6 is 0 Å². The summed E-state index contributed by atoms with van der Waals surface area (Å²) >= 11 is 0. The molecule has 4 heteroatoms. The molecule has 0 aliphatic carbocycles. The van der Waals surface area contributed by atoms with Crippen LogP contribution in [0.5, 0.6) is 0 Å². The number of hydrogen-bond donors (Lipinski definition) is 3. The Labute approximate surface area is 89.1 Å². The summed E-state index contributed by atoms with van der Waals surface area (Å²) in [6.45, 7) is 2.00. The molecule has 4 N–H and O–H groups in total. The van der Waals surface area contributed by atoms with Crippen molar-refractivity contribution in [2.75, 3.05) is 0 Å². The Morgan fingerprint density at radius 2 is 2.07 bits per heavy atom. The van der Waals surface area contributed by atoms with Gasteiger partial charge in [-0.1, -0.05) is 30.3 Å². The van der Waals surface area contributed by atoms with Crippen molar-refractivity contribution >= 4 is 5.91 Å². The van der Waals surface area contributed by atoms with Crippen LogP contribution < -0.4 is 11.1 Å². The summed E-state index contributed by atoms with van der Waals surface area (Å²) in [4.78, 5) is 11.3. The topological polar surface area (TPSA) is 75.3 Å². The summed E-state index contributed by atoms with van der Waals surface area (Å²) in [6.07, 6.45) is -1.14. The smallest absolute Gasteiger partial charge is 0.250 e. The van der Waals surface area contributed by atoms with E-state index in [1.165, 1.54) is 0 Å². The van der Waals surface area contributed by atoms with Crippen LogP contribution in [0.15, 0.2) is 30.3 Å². The average Bonchev–Trinajstić information content (AvgIpc) is 2.26. The number of aliphatic hydroxyl groups excluding tert-OH is 1. The van der Waals surface area contributed by atoms with E-state index in [9.17, 15) is 9.90 Å². The van der Waals surface area contributed by atoms with E-state index in [0.717, 1.165) is 5.56 Å². The average molecular weight is 208 g/mol. The van der Waals surface area contributed by atoms with Gasteiger partial charge in [0.15, 0.2) is 0 Å². The van der Waals surface area contributed by atoms with E-state index in [2.05, 4.69) is 5.32 Å². The molecule has 1 rings (SSSR count). The van der Waals surface area contributed by atoms with Crippen LogP contribution in [0.4, 0.5) is 0 Å². The zero-order chi connectivity index (χ0) is 11.3. The number of amides is 1. The summed E-state index contributed by atoms with van der Waals surface area (Å²) in [6, 6.07) is 8.94. The first kappa shape index (κ1) is 11.7. The predicted molar refractivity (Wildman–Crippen MR) is 57.9 cm³/mol. The van der Waals surface area contributed by atoms with Crippen LogP contribution in [-0.4, -0.2) is 23.2 Å². The van der Waals surface area contributed by atoms with Crippen LogP contribution in [0.25, 0.3) is 0 Å². The predicted octanol–water partition coefficient (Wildman–Crippen LogP) is 0.0109. The van der Waals surface area contributed by atoms with Crippen LogP contribution in [0.2, 0.25) is 0 Å². The first-order chi connectivity index (χ1) is 7.11. The number of carbonyl (C=O) groups excluding carboxylic acids is 1. The van der Waals surface area contributed by atoms with Crippen molar-refractivity contribution in [1.29, 1.82) is 0 Å². The van der Waals surface area contributed by atoms with Crippen LogP contribution in [0.1, 0.15) is 12.5 Å². The number of nitrogens with one attached hydrogen (secondary N) is 1. The Hall–Kier alpha value is -1.39. The van der Waals surface area contributed by atoms with Crippen molar-refractivity contribution in [2.45, 2.75) is 25.6 Å². The zero-order valence-corrected chi connectivity index (χ0v) is 8.68. The van der Waals surface area contributed by atoms with E-state index in [1.807, 2.05) is 30.3 Å². The molecule has 0 spiro atoms. The van der Waals surface area contributed by atoms with Crippen molar-refractivity contribution < 1.29 is 9.90 Å². The SMILES string of the molecule is C[C@H](N)[C@@H](O)C(=O)NCc1ccccc1. The maximum atomic E-state index is 11.3. The molecule has 0 aliphatic rings. The lowest BCUT2D eigenvalue weighted by Crippen LogP contribution is -2.44. The minimum atomic E-state index is -1.14. The fourth-order valence-corrected chi connectivity index (χ4v) is 1.13. The van der Waals surface area contributed by atoms with E-state index in [1.54, 1.807) is 6.92 Å². The Morgan fingerprint density at radius 1 is 1.47 bits per heavy atom. The second kappa shape index (κ2) is 5.48. The molecule has 0 unspecified atom stereocenters. The zero-order valence-electron chi connectivity index (χ0n) is 8.68. The minimum absolute atomic E-state index is 0.406. The number of hydrogen-bond acceptors (Lipinski definition) is 3. The first-order valence-electron chi connectivity index (χ1n) is 4.86. The molecular formula is C11H16N2O2. The third kappa shape index (κ3) is 3.69. The van der Waals surface area contributed by atoms with Gasteiger partial charge in [0.1, 0.15) is 6.10 Å². The fourth-order valence-electron chi connectivity index (χ4n) is 1.13. The maximum Gasteiger partial charge on any atom is 0.250 e. The van der Waals surface area contributed by atoms with Crippen molar-refractivity contribution in [2.24, 2.45) is 5.73 Å². The van der Waals surface area contributed by atoms with Gasteiger partial charge in [0.25, 0.3) is 5.91 Å². The minimum Gasteiger partial charge on any atom is -0.382 e. The molecular weight excluding hydrogens is 192 g/mol. The van der Waals surface area contributed by atoms with Gasteiger partial charge in [0, 0.05) is 12.6 Å². The lowest BCUT2D eigenvalue weighted by molar-refractivity contribution is -0.130. The molecule has 2 atom stereocenters. The first-order valence-corrected chi connectivity index (χ1v) is 4.86. The summed E-state index contributed by atoms with van der Waals surface area (Å²) in [5.74, 6) is -0.436. The number of aliphatic hydroxyl groups is 1. The van der Waals surface area contributed by atoms with Gasteiger partial charge in [-0.3, -0.25) is 4.79 Å². The maximum absolute atomic E-state index is 11.3. The Morgan fingerprint density at radius 3 is 2.60 bits per heavy atom. The summed E-state index contributed by atoms with van der Waals surface area (Å²) in [7, 11) is 0. The molecule has 0 heterocycles. The van der Waals surface area contributed by atoms with Crippen molar-refractivity contribution in [3.05, 3.63) is 35.9 Å². The molecule has 0 aliphatic heterocycles. The van der Waals surface area contributed by atoms with Crippen LogP contribution in [0, 0.1) is 0 Å². The lowest BCUT2D eigenvalue weighted by Gasteiger charge is -2.14. The van der Waals surface area contributed by atoms with Gasteiger partial charge in [-0.25, -0.2) is 0 Å². The number of rotatable bonds is 4. The quantitative estimate of drug-likeness (QED) is 0.652. The van der Waals surface area contributed by atoms with Gasteiger partial charge in [-0.05, 0) is 12.5 Å². The Balaban J connectivity index is 2.41. The van der Waals surface area contributed by atoms with Gasteiger partial charge >= 0.3 is 0 Å². The molecule has 0 bridgehead atoms. The lowest BCUT2D eigenvalue weighted by atomic mass is 10.2. The van der Waals surface area contributed by atoms with Gasteiger partial charge in [0.2, 0.25) is 0 Å². The molecule has 82 valence electrons. The van der Waals surface area contributed by atoms with E-state index in [0.29, 0.717) is 6.54 Å². The van der Waals surface area contributed by atoms with Gasteiger partial charge in [-0.2, -0.15) is 0 Å². The summed E-state index contributed by atoms with van der Waals surface area (Å²) < 4.78 is 0. The highest BCUT2D eigenvalue weighted by Crippen LogP contribution is 1.98. The molecule has 1 aromatic carbocycles. The Kier molecular flexibility index (Phi) is 4.27. The van der Waals surface area contributed by atoms with E-state index >= 15 is 0 Å². The second-order valence-corrected chi connectivity index (χ2v) is 3.51. The second-order valence-electron chi connectivity index (χ2n) is 3.51. The number of benzene rings is 1. The van der Waals surface area contributed by atoms with E-state index in [4.69, 9.17) is 5.73 Å². The molecule has 4 nitrogen and oxygen atoms in total. The highest BCUT2D eigenvalue weighted by molar-refractivity contribution is 5.81. The monoisotopic (exact) mass is 208 g/mol. The van der Waals surface area contributed by atoms with Crippen molar-refractivity contribution in [3.8, 4) is 0 Å². The van der Waals surface area contributed by atoms with Crippen LogP contribution in [0.3, 0.4) is 0 Å². The third-order valence-electron chi connectivity index (χ3n) is 2.08. The van der Waals surface area contributed by atoms with Crippen molar-refractivity contribution in [3.63, 3.8) is 0 Å². The fraction of sp³-hybridized carbons (Fsp3) is 0.364. The standard InChI is InChI=1S/C11H16N2O2/c1-8(12)10(14)11(15)13-7-9-5-3-2-4-6-9/h2-6,8,10,14H,7,12H2,1H3,(H,13,15)/t8-,10+/m0/s1. The van der Waals surface area contributed by atoms with E-state index in [-0.39, 0.29) is 0 Å². The third-order valence-corrected chi connectivity index (χ3v) is 2.08. The van der Waals surface area contributed by atoms with Gasteiger partial charge in [0.05, 0.1) is 0 Å². The van der Waals surface area contributed by atoms with Crippen molar-refractivity contribution in [1.82, 2.24) is 5.32 Å². The Bertz CT molecular complexity index is 312. The largest absolute Gasteiger partial charge is 0.382 e. The molecule has 0 saturated heterocycles. The van der Waals surface area contributed by atoms with E-state index < -0.39 is 18.1 Å². The molecule has 1 aromatic rings.